The number of hydrogen-bond acceptors (Lipinski definition) is 4. The van der Waals surface area contributed by atoms with Gasteiger partial charge in [0.1, 0.15) is 9.84 Å². The SMILES string of the molecule is CN1CCC(C(=O)O)CC1C1CCS(=O)(=O)CC1. The molecule has 0 spiro atoms. The summed E-state index contributed by atoms with van der Waals surface area (Å²) < 4.78 is 22.9. The molecule has 0 aromatic rings. The lowest BCUT2D eigenvalue weighted by atomic mass is 9.82. The van der Waals surface area contributed by atoms with E-state index in [9.17, 15) is 13.2 Å². The quantitative estimate of drug-likeness (QED) is 0.799. The van der Waals surface area contributed by atoms with Crippen LogP contribution in [0.2, 0.25) is 0 Å². The standard InChI is InChI=1S/C12H21NO4S/c1-13-5-2-10(12(14)15)8-11(13)9-3-6-18(16,17)7-4-9/h9-11H,2-8H2,1H3,(H,14,15). The Morgan fingerprint density at radius 1 is 1.22 bits per heavy atom. The molecule has 104 valence electrons. The molecule has 2 saturated heterocycles. The number of rotatable bonds is 2. The highest BCUT2D eigenvalue weighted by molar-refractivity contribution is 7.91. The second-order valence-corrected chi connectivity index (χ2v) is 7.90. The highest BCUT2D eigenvalue weighted by atomic mass is 32.2. The van der Waals surface area contributed by atoms with Gasteiger partial charge in [0.15, 0.2) is 0 Å². The molecule has 0 bridgehead atoms. The Labute approximate surface area is 108 Å². The molecule has 0 aromatic heterocycles. The van der Waals surface area contributed by atoms with E-state index in [4.69, 9.17) is 5.11 Å². The summed E-state index contributed by atoms with van der Waals surface area (Å²) in [4.78, 5) is 13.3. The summed E-state index contributed by atoms with van der Waals surface area (Å²) in [6.07, 6.45) is 2.73. The number of aliphatic carboxylic acids is 1. The minimum absolute atomic E-state index is 0.232. The fourth-order valence-corrected chi connectivity index (χ4v) is 4.71. The molecule has 2 aliphatic rings. The highest BCUT2D eigenvalue weighted by Crippen LogP contribution is 2.32. The first-order valence-corrected chi connectivity index (χ1v) is 8.34. The fraction of sp³-hybridized carbons (Fsp3) is 0.917. The van der Waals surface area contributed by atoms with Gasteiger partial charge in [-0.15, -0.1) is 0 Å². The first-order chi connectivity index (χ1) is 8.39. The van der Waals surface area contributed by atoms with Crippen LogP contribution in [-0.4, -0.2) is 55.5 Å². The van der Waals surface area contributed by atoms with E-state index in [1.54, 1.807) is 0 Å². The zero-order valence-corrected chi connectivity index (χ0v) is 11.5. The number of carboxylic acid groups (broad SMARTS) is 1. The maximum atomic E-state index is 11.4. The van der Waals surface area contributed by atoms with Gasteiger partial charge in [-0.25, -0.2) is 8.42 Å². The molecule has 1 N–H and O–H groups in total. The minimum atomic E-state index is -2.84. The topological polar surface area (TPSA) is 74.7 Å². The van der Waals surface area contributed by atoms with Crippen LogP contribution >= 0.6 is 0 Å². The van der Waals surface area contributed by atoms with Crippen molar-refractivity contribution in [3.8, 4) is 0 Å². The maximum absolute atomic E-state index is 11.4. The van der Waals surface area contributed by atoms with E-state index >= 15 is 0 Å². The van der Waals surface area contributed by atoms with Gasteiger partial charge in [-0.3, -0.25) is 4.79 Å². The predicted molar refractivity (Wildman–Crippen MR) is 68.2 cm³/mol. The number of piperidine rings is 1. The molecule has 6 heteroatoms. The summed E-state index contributed by atoms with van der Waals surface area (Å²) in [7, 11) is -0.817. The van der Waals surface area contributed by atoms with Crippen molar-refractivity contribution in [2.24, 2.45) is 11.8 Å². The summed E-state index contributed by atoms with van der Waals surface area (Å²) in [6, 6.07) is 0.232. The van der Waals surface area contributed by atoms with Gasteiger partial charge in [0.25, 0.3) is 0 Å². The van der Waals surface area contributed by atoms with Crippen LogP contribution in [0.15, 0.2) is 0 Å². The number of nitrogens with zero attached hydrogens (tertiary/aromatic N) is 1. The molecule has 5 nitrogen and oxygen atoms in total. The number of likely N-dealkylation sites (tertiary alicyclic amines) is 1. The monoisotopic (exact) mass is 275 g/mol. The van der Waals surface area contributed by atoms with E-state index in [-0.39, 0.29) is 23.5 Å². The summed E-state index contributed by atoms with van der Waals surface area (Å²) in [5, 5.41) is 9.11. The van der Waals surface area contributed by atoms with Gasteiger partial charge in [-0.1, -0.05) is 0 Å². The number of sulfone groups is 1. The van der Waals surface area contributed by atoms with Crippen molar-refractivity contribution in [2.75, 3.05) is 25.1 Å². The molecular weight excluding hydrogens is 254 g/mol. The van der Waals surface area contributed by atoms with Crippen molar-refractivity contribution >= 4 is 15.8 Å². The third-order valence-electron chi connectivity index (χ3n) is 4.42. The van der Waals surface area contributed by atoms with Gasteiger partial charge in [-0.2, -0.15) is 0 Å². The maximum Gasteiger partial charge on any atom is 0.306 e. The Morgan fingerprint density at radius 3 is 2.39 bits per heavy atom. The average molecular weight is 275 g/mol. The third-order valence-corrected chi connectivity index (χ3v) is 6.13. The van der Waals surface area contributed by atoms with Gasteiger partial charge in [0.05, 0.1) is 17.4 Å². The summed E-state index contributed by atoms with van der Waals surface area (Å²) in [6.45, 7) is 0.797. The van der Waals surface area contributed by atoms with Gasteiger partial charge in [0, 0.05) is 6.04 Å². The molecule has 2 heterocycles. The Balaban J connectivity index is 2.00. The van der Waals surface area contributed by atoms with Gasteiger partial charge < -0.3 is 10.0 Å². The predicted octanol–water partition coefficient (Wildman–Crippen LogP) is 0.606. The molecule has 0 aliphatic carbocycles. The number of carboxylic acids is 1. The van der Waals surface area contributed by atoms with Crippen molar-refractivity contribution in [3.63, 3.8) is 0 Å². The smallest absolute Gasteiger partial charge is 0.306 e. The molecule has 2 aliphatic heterocycles. The van der Waals surface area contributed by atoms with E-state index in [0.717, 1.165) is 6.54 Å². The largest absolute Gasteiger partial charge is 0.481 e. The van der Waals surface area contributed by atoms with E-state index in [1.807, 2.05) is 7.05 Å². The van der Waals surface area contributed by atoms with Crippen LogP contribution in [0.5, 0.6) is 0 Å². The minimum Gasteiger partial charge on any atom is -0.481 e. The van der Waals surface area contributed by atoms with E-state index in [0.29, 0.717) is 31.6 Å². The van der Waals surface area contributed by atoms with Crippen LogP contribution < -0.4 is 0 Å². The second kappa shape index (κ2) is 5.17. The zero-order valence-electron chi connectivity index (χ0n) is 10.7. The van der Waals surface area contributed by atoms with Crippen molar-refractivity contribution in [3.05, 3.63) is 0 Å². The van der Waals surface area contributed by atoms with Crippen LogP contribution in [0, 0.1) is 11.8 Å². The molecule has 0 radical (unpaired) electrons. The lowest BCUT2D eigenvalue weighted by Crippen LogP contribution is -2.47. The summed E-state index contributed by atoms with van der Waals surface area (Å²) in [5.74, 6) is -0.110. The molecule has 2 unspecified atom stereocenters. The first-order valence-electron chi connectivity index (χ1n) is 6.52. The number of hydrogen-bond donors (Lipinski definition) is 1. The first kappa shape index (κ1) is 13.8. The lowest BCUT2D eigenvalue weighted by Gasteiger charge is -2.41. The fourth-order valence-electron chi connectivity index (χ4n) is 3.18. The van der Waals surface area contributed by atoms with Gasteiger partial charge >= 0.3 is 5.97 Å². The molecular formula is C12H21NO4S. The number of carbonyl (C=O) groups is 1. The summed E-state index contributed by atoms with van der Waals surface area (Å²) in [5.41, 5.74) is 0. The average Bonchev–Trinajstić information content (AvgIpc) is 2.30. The van der Waals surface area contributed by atoms with Crippen molar-refractivity contribution in [1.29, 1.82) is 0 Å². The molecule has 0 aromatic carbocycles. The third kappa shape index (κ3) is 3.03. The van der Waals surface area contributed by atoms with Crippen molar-refractivity contribution in [2.45, 2.75) is 31.7 Å². The zero-order chi connectivity index (χ0) is 13.3. The van der Waals surface area contributed by atoms with Crippen LogP contribution in [0.4, 0.5) is 0 Å². The van der Waals surface area contributed by atoms with Crippen LogP contribution in [0.25, 0.3) is 0 Å². The molecule has 2 atom stereocenters. The normalized spacial score (nSPS) is 34.3. The lowest BCUT2D eigenvalue weighted by molar-refractivity contribution is -0.144. The Bertz CT molecular complexity index is 406. The van der Waals surface area contributed by atoms with Crippen molar-refractivity contribution < 1.29 is 18.3 Å². The van der Waals surface area contributed by atoms with E-state index in [1.165, 1.54) is 0 Å². The molecule has 18 heavy (non-hydrogen) atoms. The van der Waals surface area contributed by atoms with Gasteiger partial charge in [0.2, 0.25) is 0 Å². The highest BCUT2D eigenvalue weighted by Gasteiger charge is 2.37. The van der Waals surface area contributed by atoms with E-state index < -0.39 is 15.8 Å². The van der Waals surface area contributed by atoms with Crippen LogP contribution in [-0.2, 0) is 14.6 Å². The molecule has 0 amide bonds. The summed E-state index contributed by atoms with van der Waals surface area (Å²) >= 11 is 0. The van der Waals surface area contributed by atoms with Crippen LogP contribution in [0.1, 0.15) is 25.7 Å². The van der Waals surface area contributed by atoms with Crippen molar-refractivity contribution in [1.82, 2.24) is 4.90 Å². The van der Waals surface area contributed by atoms with E-state index in [2.05, 4.69) is 4.90 Å². The van der Waals surface area contributed by atoms with Crippen LogP contribution in [0.3, 0.4) is 0 Å². The molecule has 0 saturated carbocycles. The second-order valence-electron chi connectivity index (χ2n) is 5.60. The van der Waals surface area contributed by atoms with Gasteiger partial charge in [-0.05, 0) is 45.2 Å². The Kier molecular flexibility index (Phi) is 3.96. The molecule has 2 rings (SSSR count). The Morgan fingerprint density at radius 2 is 1.83 bits per heavy atom. The Hall–Kier alpha value is -0.620. The molecule has 2 fully saturated rings.